The second-order valence-electron chi connectivity index (χ2n) is 7.73. The first-order valence-corrected chi connectivity index (χ1v) is 8.61. The van der Waals surface area contributed by atoms with Crippen LogP contribution in [0, 0.1) is 23.2 Å². The highest BCUT2D eigenvalue weighted by atomic mass is 16.1. The average molecular weight is 278 g/mol. The Balaban J connectivity index is 1.54. The third kappa shape index (κ3) is 2.74. The Labute approximate surface area is 123 Å². The molecule has 1 atom stereocenters. The quantitative estimate of drug-likeness (QED) is 0.784. The smallest absolute Gasteiger partial charge is 0.233 e. The van der Waals surface area contributed by atoms with Crippen molar-refractivity contribution >= 4 is 5.91 Å². The van der Waals surface area contributed by atoms with Crippen LogP contribution in [0.3, 0.4) is 0 Å². The van der Waals surface area contributed by atoms with Crippen LogP contribution >= 0.6 is 0 Å². The van der Waals surface area contributed by atoms with Gasteiger partial charge in [0.2, 0.25) is 5.91 Å². The topological polar surface area (TPSA) is 41.1 Å². The van der Waals surface area contributed by atoms with E-state index in [1.165, 1.54) is 38.5 Å². The molecule has 1 unspecified atom stereocenters. The number of nitrogens with one attached hydrogen (secondary N) is 2. The molecule has 4 aliphatic rings. The molecular formula is C17H30N2O. The van der Waals surface area contributed by atoms with Gasteiger partial charge in [-0.15, -0.1) is 0 Å². The molecule has 114 valence electrons. The maximum atomic E-state index is 11.8. The first-order valence-electron chi connectivity index (χ1n) is 8.61. The van der Waals surface area contributed by atoms with Crippen LogP contribution in [-0.2, 0) is 4.79 Å². The lowest BCUT2D eigenvalue weighted by molar-refractivity contribution is -0.121. The summed E-state index contributed by atoms with van der Waals surface area (Å²) in [5.74, 6) is 3.11. The van der Waals surface area contributed by atoms with Crippen molar-refractivity contribution in [3.63, 3.8) is 0 Å². The minimum absolute atomic E-state index is 0.156. The summed E-state index contributed by atoms with van der Waals surface area (Å²) in [5, 5.41) is 6.50. The molecule has 1 amide bonds. The Bertz CT molecular complexity index is 331. The van der Waals surface area contributed by atoms with Gasteiger partial charge in [-0.2, -0.15) is 0 Å². The fraction of sp³-hybridized carbons (Fsp3) is 0.941. The summed E-state index contributed by atoms with van der Waals surface area (Å²) < 4.78 is 0. The number of amides is 1. The average Bonchev–Trinajstić information content (AvgIpc) is 2.41. The Morgan fingerprint density at radius 2 is 1.70 bits per heavy atom. The molecule has 4 rings (SSSR count). The van der Waals surface area contributed by atoms with Crippen molar-refractivity contribution in [2.24, 2.45) is 23.2 Å². The van der Waals surface area contributed by atoms with E-state index in [1.54, 1.807) is 0 Å². The number of carbonyl (C=O) groups is 1. The number of hydrogen-bond acceptors (Lipinski definition) is 2. The zero-order valence-corrected chi connectivity index (χ0v) is 13.1. The number of carbonyl (C=O) groups excluding carboxylic acids is 1. The van der Waals surface area contributed by atoms with Crippen molar-refractivity contribution in [1.82, 2.24) is 10.6 Å². The third-order valence-corrected chi connectivity index (χ3v) is 6.15. The molecule has 0 heterocycles. The van der Waals surface area contributed by atoms with E-state index in [9.17, 15) is 4.79 Å². The van der Waals surface area contributed by atoms with E-state index in [1.807, 2.05) is 0 Å². The molecule has 20 heavy (non-hydrogen) atoms. The lowest BCUT2D eigenvalue weighted by Crippen LogP contribution is -2.55. The monoisotopic (exact) mass is 278 g/mol. The molecule has 4 fully saturated rings. The minimum atomic E-state index is 0.156. The lowest BCUT2D eigenvalue weighted by atomic mass is 9.48. The van der Waals surface area contributed by atoms with E-state index < -0.39 is 0 Å². The van der Waals surface area contributed by atoms with Crippen LogP contribution in [0.4, 0.5) is 0 Å². The summed E-state index contributed by atoms with van der Waals surface area (Å²) in [6.45, 7) is 5.70. The van der Waals surface area contributed by atoms with E-state index in [-0.39, 0.29) is 5.91 Å². The first-order chi connectivity index (χ1) is 9.61. The van der Waals surface area contributed by atoms with Crippen LogP contribution in [0.15, 0.2) is 0 Å². The van der Waals surface area contributed by atoms with Gasteiger partial charge in [-0.1, -0.05) is 6.92 Å². The zero-order valence-electron chi connectivity index (χ0n) is 13.1. The van der Waals surface area contributed by atoms with Crippen molar-refractivity contribution in [2.45, 2.75) is 64.8 Å². The highest BCUT2D eigenvalue weighted by Gasteiger charge is 2.52. The first kappa shape index (κ1) is 14.4. The third-order valence-electron chi connectivity index (χ3n) is 6.15. The summed E-state index contributed by atoms with van der Waals surface area (Å²) in [4.78, 5) is 11.8. The lowest BCUT2D eigenvalue weighted by Gasteiger charge is -2.59. The number of hydrogen-bond donors (Lipinski definition) is 2. The Kier molecular flexibility index (Phi) is 4.07. The van der Waals surface area contributed by atoms with Crippen LogP contribution in [0.25, 0.3) is 0 Å². The van der Waals surface area contributed by atoms with E-state index in [0.717, 1.165) is 30.7 Å². The normalized spacial score (nSPS) is 39.8. The summed E-state index contributed by atoms with van der Waals surface area (Å²) in [7, 11) is 0. The molecule has 0 aliphatic heterocycles. The summed E-state index contributed by atoms with van der Waals surface area (Å²) in [6.07, 6.45) is 9.70. The van der Waals surface area contributed by atoms with E-state index in [0.29, 0.717) is 18.0 Å². The molecule has 0 saturated heterocycles. The Hall–Kier alpha value is -0.570. The van der Waals surface area contributed by atoms with Crippen LogP contribution in [0.5, 0.6) is 0 Å². The van der Waals surface area contributed by atoms with E-state index in [2.05, 4.69) is 24.5 Å². The largest absolute Gasteiger partial charge is 0.355 e. The zero-order chi connectivity index (χ0) is 14.2. The Morgan fingerprint density at radius 3 is 2.20 bits per heavy atom. The molecule has 0 radical (unpaired) electrons. The molecule has 2 N–H and O–H groups in total. The van der Waals surface area contributed by atoms with Gasteiger partial charge in [0.15, 0.2) is 0 Å². The van der Waals surface area contributed by atoms with Gasteiger partial charge in [-0.3, -0.25) is 4.79 Å². The van der Waals surface area contributed by atoms with Gasteiger partial charge in [0.25, 0.3) is 0 Å². The molecule has 0 spiro atoms. The van der Waals surface area contributed by atoms with Gasteiger partial charge < -0.3 is 10.6 Å². The van der Waals surface area contributed by atoms with Crippen molar-refractivity contribution in [2.75, 3.05) is 13.1 Å². The second-order valence-corrected chi connectivity index (χ2v) is 7.73. The standard InChI is InChI=1S/C17H30N2O/c1-3-4-18-16(20)11-19-12(2)17-8-13-5-14(9-17)7-15(6-13)10-17/h12-15,19H,3-11H2,1-2H3,(H,18,20). The molecular weight excluding hydrogens is 248 g/mol. The Morgan fingerprint density at radius 1 is 1.15 bits per heavy atom. The van der Waals surface area contributed by atoms with Crippen molar-refractivity contribution in [3.8, 4) is 0 Å². The summed E-state index contributed by atoms with van der Waals surface area (Å²) in [5.41, 5.74) is 0.500. The van der Waals surface area contributed by atoms with Crippen LogP contribution in [0.1, 0.15) is 58.8 Å². The molecule has 4 bridgehead atoms. The van der Waals surface area contributed by atoms with Gasteiger partial charge in [-0.25, -0.2) is 0 Å². The van der Waals surface area contributed by atoms with Gasteiger partial charge in [0.05, 0.1) is 6.54 Å². The molecule has 4 aliphatic carbocycles. The second kappa shape index (κ2) is 5.67. The highest BCUT2D eigenvalue weighted by Crippen LogP contribution is 2.61. The van der Waals surface area contributed by atoms with Gasteiger partial charge >= 0.3 is 0 Å². The molecule has 3 heteroatoms. The molecule has 3 nitrogen and oxygen atoms in total. The van der Waals surface area contributed by atoms with Gasteiger partial charge in [-0.05, 0) is 75.0 Å². The van der Waals surface area contributed by atoms with Crippen molar-refractivity contribution < 1.29 is 4.79 Å². The van der Waals surface area contributed by atoms with Crippen molar-refractivity contribution in [1.29, 1.82) is 0 Å². The van der Waals surface area contributed by atoms with E-state index in [4.69, 9.17) is 0 Å². The predicted octanol–water partition coefficient (Wildman–Crippen LogP) is 2.71. The molecule has 0 aromatic rings. The van der Waals surface area contributed by atoms with E-state index >= 15 is 0 Å². The molecule has 0 aromatic carbocycles. The highest BCUT2D eigenvalue weighted by molar-refractivity contribution is 5.77. The summed E-state index contributed by atoms with van der Waals surface area (Å²) in [6, 6.07) is 0.489. The maximum Gasteiger partial charge on any atom is 0.233 e. The molecule has 0 aromatic heterocycles. The van der Waals surface area contributed by atoms with Crippen LogP contribution in [-0.4, -0.2) is 25.0 Å². The van der Waals surface area contributed by atoms with Gasteiger partial charge in [0.1, 0.15) is 0 Å². The van der Waals surface area contributed by atoms with Crippen LogP contribution < -0.4 is 10.6 Å². The molecule has 4 saturated carbocycles. The van der Waals surface area contributed by atoms with Gasteiger partial charge in [0, 0.05) is 12.6 Å². The SMILES string of the molecule is CCCNC(=O)CNC(C)C12CC3CC(CC(C3)C1)C2. The van der Waals surface area contributed by atoms with Crippen LogP contribution in [0.2, 0.25) is 0 Å². The minimum Gasteiger partial charge on any atom is -0.355 e. The predicted molar refractivity (Wildman–Crippen MR) is 81.4 cm³/mol. The number of rotatable bonds is 6. The fourth-order valence-electron chi connectivity index (χ4n) is 5.50. The fourth-order valence-corrected chi connectivity index (χ4v) is 5.50. The summed E-state index contributed by atoms with van der Waals surface area (Å²) >= 11 is 0. The van der Waals surface area contributed by atoms with Crippen molar-refractivity contribution in [3.05, 3.63) is 0 Å². The maximum absolute atomic E-state index is 11.8.